The summed E-state index contributed by atoms with van der Waals surface area (Å²) in [6.07, 6.45) is -1.43. The molecule has 0 atom stereocenters. The normalized spacial score (nSPS) is 21.1. The van der Waals surface area contributed by atoms with Crippen LogP contribution in [0, 0.1) is 0 Å². The van der Waals surface area contributed by atoms with Crippen LogP contribution >= 0.6 is 0 Å². The standard InChI is InChI=1S/C7H8N2O5/c10-5(8-1-3-13-6(8)11)9-2-4-14-7(9)12/h1-4H2. The van der Waals surface area contributed by atoms with E-state index in [2.05, 4.69) is 9.47 Å². The van der Waals surface area contributed by atoms with Crippen LogP contribution in [0.1, 0.15) is 0 Å². The third kappa shape index (κ3) is 1.26. The largest absolute Gasteiger partial charge is 0.447 e. The van der Waals surface area contributed by atoms with Gasteiger partial charge in [-0.2, -0.15) is 0 Å². The zero-order valence-corrected chi connectivity index (χ0v) is 7.26. The Morgan fingerprint density at radius 1 is 1.00 bits per heavy atom. The fraction of sp³-hybridized carbons (Fsp3) is 0.571. The van der Waals surface area contributed by atoms with Gasteiger partial charge in [-0.15, -0.1) is 0 Å². The van der Waals surface area contributed by atoms with Crippen LogP contribution in [0.2, 0.25) is 0 Å². The van der Waals surface area contributed by atoms with Gasteiger partial charge in [-0.05, 0) is 0 Å². The molecule has 0 saturated carbocycles. The van der Waals surface area contributed by atoms with Crippen LogP contribution in [0.3, 0.4) is 0 Å². The molecule has 0 aliphatic carbocycles. The highest BCUT2D eigenvalue weighted by Gasteiger charge is 2.37. The minimum absolute atomic E-state index is 0.174. The van der Waals surface area contributed by atoms with Crippen molar-refractivity contribution in [3.8, 4) is 0 Å². The van der Waals surface area contributed by atoms with Crippen molar-refractivity contribution >= 4 is 18.2 Å². The summed E-state index contributed by atoms with van der Waals surface area (Å²) in [5.41, 5.74) is 0. The lowest BCUT2D eigenvalue weighted by atomic mass is 10.5. The Kier molecular flexibility index (Phi) is 1.99. The maximum absolute atomic E-state index is 11.5. The number of carbonyl (C=O) groups is 3. The Bertz CT molecular complexity index is 274. The molecule has 2 fully saturated rings. The molecular formula is C7H8N2O5. The van der Waals surface area contributed by atoms with E-state index < -0.39 is 18.2 Å². The molecule has 2 aliphatic rings. The predicted octanol–water partition coefficient (Wildman–Crippen LogP) is 0.0108. The molecule has 0 unspecified atom stereocenters. The van der Waals surface area contributed by atoms with E-state index >= 15 is 0 Å². The van der Waals surface area contributed by atoms with Crippen molar-refractivity contribution in [2.24, 2.45) is 0 Å². The molecular weight excluding hydrogens is 192 g/mol. The van der Waals surface area contributed by atoms with Crippen molar-refractivity contribution in [3.63, 3.8) is 0 Å². The molecule has 0 aromatic carbocycles. The zero-order valence-electron chi connectivity index (χ0n) is 7.26. The average Bonchev–Trinajstić information content (AvgIpc) is 2.73. The van der Waals surface area contributed by atoms with Gasteiger partial charge in [-0.25, -0.2) is 24.2 Å². The minimum Gasteiger partial charge on any atom is -0.447 e. The van der Waals surface area contributed by atoms with Crippen molar-refractivity contribution in [1.29, 1.82) is 0 Å². The van der Waals surface area contributed by atoms with Crippen LogP contribution in [0.25, 0.3) is 0 Å². The molecule has 2 saturated heterocycles. The van der Waals surface area contributed by atoms with Crippen molar-refractivity contribution in [2.45, 2.75) is 0 Å². The molecule has 2 heterocycles. The number of carbonyl (C=O) groups excluding carboxylic acids is 3. The first-order valence-corrected chi connectivity index (χ1v) is 4.12. The van der Waals surface area contributed by atoms with Crippen molar-refractivity contribution < 1.29 is 23.9 Å². The van der Waals surface area contributed by atoms with Crippen molar-refractivity contribution in [1.82, 2.24) is 9.80 Å². The van der Waals surface area contributed by atoms with Gasteiger partial charge in [-0.3, -0.25) is 0 Å². The summed E-state index contributed by atoms with van der Waals surface area (Å²) < 4.78 is 9.14. The van der Waals surface area contributed by atoms with Crippen LogP contribution in [0.5, 0.6) is 0 Å². The first-order valence-electron chi connectivity index (χ1n) is 4.12. The zero-order chi connectivity index (χ0) is 10.1. The van der Waals surface area contributed by atoms with Crippen LogP contribution in [0.4, 0.5) is 14.4 Å². The quantitative estimate of drug-likeness (QED) is 0.550. The Hall–Kier alpha value is -1.79. The average molecular weight is 200 g/mol. The molecule has 0 radical (unpaired) electrons. The van der Waals surface area contributed by atoms with Gasteiger partial charge in [0, 0.05) is 0 Å². The molecule has 0 aromatic heterocycles. The fourth-order valence-corrected chi connectivity index (χ4v) is 1.28. The number of rotatable bonds is 0. The van der Waals surface area contributed by atoms with Gasteiger partial charge < -0.3 is 9.47 Å². The molecule has 2 rings (SSSR count). The topological polar surface area (TPSA) is 76.2 Å². The number of cyclic esters (lactones) is 2. The monoisotopic (exact) mass is 200 g/mol. The van der Waals surface area contributed by atoms with E-state index in [1.165, 1.54) is 0 Å². The third-order valence-electron chi connectivity index (χ3n) is 1.98. The summed E-state index contributed by atoms with van der Waals surface area (Å²) in [6, 6.07) is -0.671. The molecule has 7 nitrogen and oxygen atoms in total. The van der Waals surface area contributed by atoms with Crippen molar-refractivity contribution in [2.75, 3.05) is 26.3 Å². The van der Waals surface area contributed by atoms with E-state index in [0.717, 1.165) is 9.80 Å². The predicted molar refractivity (Wildman–Crippen MR) is 41.5 cm³/mol. The Labute approximate surface area is 79.1 Å². The number of urea groups is 1. The maximum Gasteiger partial charge on any atom is 0.418 e. The second-order valence-corrected chi connectivity index (χ2v) is 2.81. The number of nitrogens with zero attached hydrogens (tertiary/aromatic N) is 2. The lowest BCUT2D eigenvalue weighted by Gasteiger charge is -2.16. The van der Waals surface area contributed by atoms with Gasteiger partial charge in [0.25, 0.3) is 0 Å². The molecule has 14 heavy (non-hydrogen) atoms. The lowest BCUT2D eigenvalue weighted by Crippen LogP contribution is -2.44. The van der Waals surface area contributed by atoms with E-state index in [0.29, 0.717) is 0 Å². The maximum atomic E-state index is 11.5. The Balaban J connectivity index is 2.07. The number of ether oxygens (including phenoxy) is 2. The molecule has 0 spiro atoms. The minimum atomic E-state index is -0.713. The van der Waals surface area contributed by atoms with E-state index in [1.807, 2.05) is 0 Å². The number of hydrogen-bond acceptors (Lipinski definition) is 5. The van der Waals surface area contributed by atoms with Gasteiger partial charge in [0.05, 0.1) is 13.1 Å². The number of hydrogen-bond donors (Lipinski definition) is 0. The molecule has 7 heteroatoms. The second kappa shape index (κ2) is 3.17. The molecule has 0 aromatic rings. The SMILES string of the molecule is O=C1OCCN1C(=O)N1CCOC1=O. The summed E-state index contributed by atoms with van der Waals surface area (Å²) in [7, 11) is 0. The first-order chi connectivity index (χ1) is 6.70. The van der Waals surface area contributed by atoms with Gasteiger partial charge in [0.2, 0.25) is 0 Å². The summed E-state index contributed by atoms with van der Waals surface area (Å²) in [5, 5.41) is 0. The molecule has 76 valence electrons. The highest BCUT2D eigenvalue weighted by atomic mass is 16.6. The summed E-state index contributed by atoms with van der Waals surface area (Å²) in [5.74, 6) is 0. The molecule has 0 bridgehead atoms. The van der Waals surface area contributed by atoms with E-state index in [9.17, 15) is 14.4 Å². The van der Waals surface area contributed by atoms with Gasteiger partial charge in [0.1, 0.15) is 13.2 Å². The fourth-order valence-electron chi connectivity index (χ4n) is 1.28. The summed E-state index contributed by atoms with van der Waals surface area (Å²) in [4.78, 5) is 35.2. The smallest absolute Gasteiger partial charge is 0.418 e. The third-order valence-corrected chi connectivity index (χ3v) is 1.98. The van der Waals surface area contributed by atoms with Gasteiger partial charge >= 0.3 is 18.2 Å². The Morgan fingerprint density at radius 3 is 1.71 bits per heavy atom. The molecule has 0 N–H and O–H groups in total. The Morgan fingerprint density at radius 2 is 1.43 bits per heavy atom. The van der Waals surface area contributed by atoms with Crippen molar-refractivity contribution in [3.05, 3.63) is 0 Å². The molecule has 2 aliphatic heterocycles. The lowest BCUT2D eigenvalue weighted by molar-refractivity contribution is 0.141. The second-order valence-electron chi connectivity index (χ2n) is 2.81. The summed E-state index contributed by atoms with van der Waals surface area (Å²) in [6.45, 7) is 0.712. The first kappa shape index (κ1) is 8.79. The van der Waals surface area contributed by atoms with Gasteiger partial charge in [-0.1, -0.05) is 0 Å². The number of imide groups is 2. The van der Waals surface area contributed by atoms with E-state index in [4.69, 9.17) is 0 Å². The van der Waals surface area contributed by atoms with Gasteiger partial charge in [0.15, 0.2) is 0 Å². The highest BCUT2D eigenvalue weighted by Crippen LogP contribution is 2.11. The van der Waals surface area contributed by atoms with E-state index in [-0.39, 0.29) is 26.3 Å². The summed E-state index contributed by atoms with van der Waals surface area (Å²) >= 11 is 0. The molecule has 4 amide bonds. The highest BCUT2D eigenvalue weighted by molar-refractivity contribution is 5.99. The number of amides is 4. The van der Waals surface area contributed by atoms with Crippen LogP contribution in [-0.4, -0.2) is 54.3 Å². The van der Waals surface area contributed by atoms with Crippen LogP contribution in [0.15, 0.2) is 0 Å². The van der Waals surface area contributed by atoms with Crippen LogP contribution in [-0.2, 0) is 9.47 Å². The van der Waals surface area contributed by atoms with E-state index in [1.54, 1.807) is 0 Å². The van der Waals surface area contributed by atoms with Crippen LogP contribution < -0.4 is 0 Å².